The summed E-state index contributed by atoms with van der Waals surface area (Å²) in [4.78, 5) is 24.9. The van der Waals surface area contributed by atoms with Gasteiger partial charge in [0.2, 0.25) is 0 Å². The average Bonchev–Trinajstić information content (AvgIpc) is 3.11. The maximum Gasteiger partial charge on any atom is 0.306 e. The fourth-order valence-corrected chi connectivity index (χ4v) is 5.89. The molecule has 0 aromatic rings. The molecule has 0 amide bonds. The molecule has 50 heavy (non-hydrogen) atoms. The molecule has 0 spiro atoms. The van der Waals surface area contributed by atoms with Crippen LogP contribution in [-0.4, -0.2) is 37.9 Å². The summed E-state index contributed by atoms with van der Waals surface area (Å²) >= 11 is 0. The zero-order valence-corrected chi connectivity index (χ0v) is 33.4. The van der Waals surface area contributed by atoms with E-state index in [2.05, 4.69) is 57.2 Å². The molecule has 292 valence electrons. The number of unbranched alkanes of at least 4 members (excludes halogenated alkanes) is 22. The summed E-state index contributed by atoms with van der Waals surface area (Å²) in [7, 11) is 0. The van der Waals surface area contributed by atoms with Crippen molar-refractivity contribution in [3.63, 3.8) is 0 Å². The van der Waals surface area contributed by atoms with Gasteiger partial charge in [-0.05, 0) is 77.0 Å². The van der Waals surface area contributed by atoms with Crippen LogP contribution in [0, 0.1) is 0 Å². The third-order valence-corrected chi connectivity index (χ3v) is 9.15. The van der Waals surface area contributed by atoms with Crippen LogP contribution in [0.5, 0.6) is 0 Å². The number of rotatable bonds is 39. The number of carbonyl (C=O) groups is 2. The van der Waals surface area contributed by atoms with E-state index in [9.17, 15) is 9.59 Å². The standard InChI is InChI=1S/C45H82O5/c1-4-7-10-13-15-17-19-21-23-24-26-28-30-33-35-38-44(46)49-42-43(50-45(47)39-36-32-12-9-6-3)41-48-40-37-34-31-29-27-25-22-20-18-16-14-11-8-5-2/h15,17-18,20-21,23,43H,4-14,16,19,22,24-42H2,1-3H3/b17-15-,20-18-,23-21-. The fraction of sp³-hybridized carbons (Fsp3) is 0.822. The molecule has 0 rings (SSSR count). The van der Waals surface area contributed by atoms with Crippen molar-refractivity contribution in [1.29, 1.82) is 0 Å². The van der Waals surface area contributed by atoms with E-state index in [-0.39, 0.29) is 25.2 Å². The van der Waals surface area contributed by atoms with Gasteiger partial charge in [-0.1, -0.05) is 160 Å². The lowest BCUT2D eigenvalue weighted by Gasteiger charge is -2.18. The van der Waals surface area contributed by atoms with E-state index in [1.165, 1.54) is 116 Å². The molecule has 0 bridgehead atoms. The summed E-state index contributed by atoms with van der Waals surface area (Å²) < 4.78 is 17.2. The lowest BCUT2D eigenvalue weighted by molar-refractivity contribution is -0.163. The molecule has 0 aromatic heterocycles. The Morgan fingerprint density at radius 3 is 1.40 bits per heavy atom. The maximum atomic E-state index is 12.5. The van der Waals surface area contributed by atoms with Crippen LogP contribution in [0.2, 0.25) is 0 Å². The zero-order valence-electron chi connectivity index (χ0n) is 33.4. The summed E-state index contributed by atoms with van der Waals surface area (Å²) in [6, 6.07) is 0. The predicted octanol–water partition coefficient (Wildman–Crippen LogP) is 13.9. The molecule has 0 heterocycles. The van der Waals surface area contributed by atoms with Gasteiger partial charge in [-0.25, -0.2) is 0 Å². The number of ether oxygens (including phenoxy) is 3. The van der Waals surface area contributed by atoms with E-state index in [1.54, 1.807) is 0 Å². The first-order valence-electron chi connectivity index (χ1n) is 21.5. The molecular weight excluding hydrogens is 620 g/mol. The molecule has 0 aromatic carbocycles. The van der Waals surface area contributed by atoms with Crippen LogP contribution >= 0.6 is 0 Å². The van der Waals surface area contributed by atoms with Gasteiger partial charge in [-0.3, -0.25) is 9.59 Å². The highest BCUT2D eigenvalue weighted by atomic mass is 16.6. The molecule has 5 heteroatoms. The third-order valence-electron chi connectivity index (χ3n) is 9.15. The Balaban J connectivity index is 4.11. The monoisotopic (exact) mass is 703 g/mol. The van der Waals surface area contributed by atoms with Gasteiger partial charge >= 0.3 is 11.9 Å². The van der Waals surface area contributed by atoms with Crippen LogP contribution in [0.3, 0.4) is 0 Å². The Morgan fingerprint density at radius 1 is 0.440 bits per heavy atom. The zero-order chi connectivity index (χ0) is 36.4. The van der Waals surface area contributed by atoms with E-state index in [4.69, 9.17) is 14.2 Å². The lowest BCUT2D eigenvalue weighted by atomic mass is 10.1. The molecular formula is C45H82O5. The van der Waals surface area contributed by atoms with Gasteiger partial charge in [-0.2, -0.15) is 0 Å². The quantitative estimate of drug-likeness (QED) is 0.0362. The minimum absolute atomic E-state index is 0.0772. The predicted molar refractivity (Wildman–Crippen MR) is 215 cm³/mol. The van der Waals surface area contributed by atoms with E-state index in [1.807, 2.05) is 0 Å². The van der Waals surface area contributed by atoms with Gasteiger partial charge in [0.1, 0.15) is 6.61 Å². The molecule has 0 saturated heterocycles. The van der Waals surface area contributed by atoms with E-state index in [0.717, 1.165) is 64.2 Å². The van der Waals surface area contributed by atoms with Crippen LogP contribution in [-0.2, 0) is 23.8 Å². The van der Waals surface area contributed by atoms with Gasteiger partial charge < -0.3 is 14.2 Å². The van der Waals surface area contributed by atoms with E-state index in [0.29, 0.717) is 19.4 Å². The second kappa shape index (κ2) is 41.5. The molecule has 1 unspecified atom stereocenters. The topological polar surface area (TPSA) is 61.8 Å². The SMILES string of the molecule is CCCCC/C=C\C/C=C\CCCCCCCC(=O)OCC(COCCCCCCCC/C=C\CCCCCC)OC(=O)CCCCCCC. The molecule has 0 aliphatic heterocycles. The Labute approximate surface area is 310 Å². The van der Waals surface area contributed by atoms with E-state index >= 15 is 0 Å². The van der Waals surface area contributed by atoms with Crippen molar-refractivity contribution in [2.75, 3.05) is 19.8 Å². The van der Waals surface area contributed by atoms with Crippen LogP contribution in [0.4, 0.5) is 0 Å². The van der Waals surface area contributed by atoms with E-state index < -0.39 is 6.10 Å². The molecule has 0 fully saturated rings. The Kier molecular flexibility index (Phi) is 40.0. The number of allylic oxidation sites excluding steroid dienone is 6. The normalized spacial score (nSPS) is 12.5. The smallest absolute Gasteiger partial charge is 0.306 e. The van der Waals surface area contributed by atoms with Gasteiger partial charge in [0.25, 0.3) is 0 Å². The lowest BCUT2D eigenvalue weighted by Crippen LogP contribution is -2.30. The summed E-state index contributed by atoms with van der Waals surface area (Å²) in [5.74, 6) is -0.426. The first kappa shape index (κ1) is 48.1. The summed E-state index contributed by atoms with van der Waals surface area (Å²) in [5.41, 5.74) is 0. The molecule has 0 N–H and O–H groups in total. The molecule has 0 aliphatic rings. The van der Waals surface area contributed by atoms with Crippen LogP contribution in [0.1, 0.15) is 213 Å². The van der Waals surface area contributed by atoms with Crippen LogP contribution in [0.15, 0.2) is 36.5 Å². The Bertz CT molecular complexity index is 801. The Hall–Kier alpha value is -1.88. The van der Waals surface area contributed by atoms with Gasteiger partial charge in [0.15, 0.2) is 6.10 Å². The number of hydrogen-bond acceptors (Lipinski definition) is 5. The summed E-state index contributed by atoms with van der Waals surface area (Å²) in [6.45, 7) is 7.69. The van der Waals surface area contributed by atoms with Crippen LogP contribution in [0.25, 0.3) is 0 Å². The highest BCUT2D eigenvalue weighted by molar-refractivity contribution is 5.70. The second-order valence-electron chi connectivity index (χ2n) is 14.2. The molecule has 1 atom stereocenters. The molecule has 5 nitrogen and oxygen atoms in total. The second-order valence-corrected chi connectivity index (χ2v) is 14.2. The van der Waals surface area contributed by atoms with Crippen molar-refractivity contribution in [2.24, 2.45) is 0 Å². The molecule has 0 aliphatic carbocycles. The highest BCUT2D eigenvalue weighted by Gasteiger charge is 2.17. The number of carbonyl (C=O) groups excluding carboxylic acids is 2. The van der Waals surface area contributed by atoms with Gasteiger partial charge in [0, 0.05) is 19.4 Å². The first-order valence-corrected chi connectivity index (χ1v) is 21.5. The molecule has 0 radical (unpaired) electrons. The van der Waals surface area contributed by atoms with Crippen molar-refractivity contribution in [2.45, 2.75) is 219 Å². The number of hydrogen-bond donors (Lipinski definition) is 0. The fourth-order valence-electron chi connectivity index (χ4n) is 5.89. The first-order chi connectivity index (χ1) is 24.6. The van der Waals surface area contributed by atoms with Crippen molar-refractivity contribution in [1.82, 2.24) is 0 Å². The average molecular weight is 703 g/mol. The largest absolute Gasteiger partial charge is 0.462 e. The van der Waals surface area contributed by atoms with Crippen molar-refractivity contribution < 1.29 is 23.8 Å². The summed E-state index contributed by atoms with van der Waals surface area (Å²) in [6.07, 6.45) is 47.3. The third kappa shape index (κ3) is 38.9. The van der Waals surface area contributed by atoms with Gasteiger partial charge in [-0.15, -0.1) is 0 Å². The molecule has 0 saturated carbocycles. The minimum atomic E-state index is -0.536. The Morgan fingerprint density at radius 2 is 0.840 bits per heavy atom. The minimum Gasteiger partial charge on any atom is -0.462 e. The van der Waals surface area contributed by atoms with Crippen molar-refractivity contribution in [3.05, 3.63) is 36.5 Å². The number of esters is 2. The maximum absolute atomic E-state index is 12.5. The van der Waals surface area contributed by atoms with Gasteiger partial charge in [0.05, 0.1) is 6.61 Å². The van der Waals surface area contributed by atoms with Crippen LogP contribution < -0.4 is 0 Å². The van der Waals surface area contributed by atoms with Crippen molar-refractivity contribution >= 4 is 11.9 Å². The van der Waals surface area contributed by atoms with Crippen molar-refractivity contribution in [3.8, 4) is 0 Å². The highest BCUT2D eigenvalue weighted by Crippen LogP contribution is 2.12. The summed E-state index contributed by atoms with van der Waals surface area (Å²) in [5, 5.41) is 0.